The Labute approximate surface area is 129 Å². The maximum atomic E-state index is 4.83. The van der Waals surface area contributed by atoms with Gasteiger partial charge in [-0.1, -0.05) is 0 Å². The third-order valence-corrected chi connectivity index (χ3v) is 4.34. The first kappa shape index (κ1) is 16.2. The lowest BCUT2D eigenvalue weighted by Crippen LogP contribution is -2.53. The number of aryl methyl sites for hydroxylation is 2. The molecule has 0 spiro atoms. The second-order valence-electron chi connectivity index (χ2n) is 7.06. The van der Waals surface area contributed by atoms with Gasteiger partial charge in [0.15, 0.2) is 0 Å². The second kappa shape index (κ2) is 6.32. The van der Waals surface area contributed by atoms with Crippen molar-refractivity contribution >= 4 is 5.82 Å². The van der Waals surface area contributed by atoms with Gasteiger partial charge in [-0.15, -0.1) is 0 Å². The first-order valence-electron chi connectivity index (χ1n) is 7.94. The number of hydrogen-bond acceptors (Lipinski definition) is 4. The summed E-state index contributed by atoms with van der Waals surface area (Å²) in [5.74, 6) is 1.18. The summed E-state index contributed by atoms with van der Waals surface area (Å²) >= 11 is 0. The first-order valence-corrected chi connectivity index (χ1v) is 7.94. The topological polar surface area (TPSA) is 31.4 Å². The Balaban J connectivity index is 2.20. The minimum atomic E-state index is 0.260. The lowest BCUT2D eigenvalue weighted by atomic mass is 10.0. The molecule has 1 aliphatic heterocycles. The zero-order valence-corrected chi connectivity index (χ0v) is 14.5. The Kier molecular flexibility index (Phi) is 4.89. The number of nitrogens with one attached hydrogen (secondary N) is 1. The number of anilines is 1. The zero-order chi connectivity index (χ0) is 15.6. The van der Waals surface area contributed by atoms with E-state index in [9.17, 15) is 0 Å². The van der Waals surface area contributed by atoms with Crippen LogP contribution in [0, 0.1) is 13.8 Å². The van der Waals surface area contributed by atoms with E-state index in [-0.39, 0.29) is 5.54 Å². The summed E-state index contributed by atoms with van der Waals surface area (Å²) in [5, 5.41) is 3.28. The zero-order valence-electron chi connectivity index (χ0n) is 14.5. The lowest BCUT2D eigenvalue weighted by molar-refractivity contribution is 0.128. The Hall–Kier alpha value is -1.13. The fourth-order valence-electron chi connectivity index (χ4n) is 3.09. The molecule has 0 aromatic carbocycles. The Morgan fingerprint density at radius 1 is 1.14 bits per heavy atom. The number of hydrogen-bond donors (Lipinski definition) is 1. The van der Waals surface area contributed by atoms with E-state index < -0.39 is 0 Å². The van der Waals surface area contributed by atoms with E-state index in [2.05, 4.69) is 55.8 Å². The molecule has 0 radical (unpaired) electrons. The summed E-state index contributed by atoms with van der Waals surface area (Å²) in [5.41, 5.74) is 4.05. The average Bonchev–Trinajstić information content (AvgIpc) is 2.41. The predicted octanol–water partition coefficient (Wildman–Crippen LogP) is 2.34. The molecule has 0 unspecified atom stereocenters. The van der Waals surface area contributed by atoms with E-state index in [1.165, 1.54) is 16.9 Å². The Bertz CT molecular complexity index is 482. The quantitative estimate of drug-likeness (QED) is 0.926. The van der Waals surface area contributed by atoms with Crippen LogP contribution in [0.1, 0.15) is 37.6 Å². The number of piperazine rings is 1. The molecule has 2 rings (SSSR count). The number of rotatable bonds is 3. The van der Waals surface area contributed by atoms with Crippen molar-refractivity contribution < 1.29 is 0 Å². The van der Waals surface area contributed by atoms with Gasteiger partial charge in [-0.2, -0.15) is 0 Å². The molecule has 4 nitrogen and oxygen atoms in total. The van der Waals surface area contributed by atoms with Crippen LogP contribution >= 0.6 is 0 Å². The van der Waals surface area contributed by atoms with E-state index in [1.54, 1.807) is 0 Å². The van der Waals surface area contributed by atoms with Gasteiger partial charge in [-0.3, -0.25) is 4.90 Å². The molecule has 0 aliphatic carbocycles. The van der Waals surface area contributed by atoms with Crippen LogP contribution in [0.5, 0.6) is 0 Å². The van der Waals surface area contributed by atoms with Crippen LogP contribution in [0.15, 0.2) is 6.07 Å². The van der Waals surface area contributed by atoms with Crippen molar-refractivity contribution in [1.82, 2.24) is 15.2 Å². The van der Waals surface area contributed by atoms with E-state index >= 15 is 0 Å². The summed E-state index contributed by atoms with van der Waals surface area (Å²) in [6.45, 7) is 16.4. The van der Waals surface area contributed by atoms with Crippen molar-refractivity contribution in [2.75, 3.05) is 38.1 Å². The largest absolute Gasteiger partial charge is 0.354 e. The molecule has 0 saturated carbocycles. The molecule has 1 aliphatic rings. The maximum Gasteiger partial charge on any atom is 0.133 e. The van der Waals surface area contributed by atoms with Crippen molar-refractivity contribution in [3.05, 3.63) is 22.9 Å². The Morgan fingerprint density at radius 2 is 1.76 bits per heavy atom. The molecule has 1 aromatic heterocycles. The molecule has 0 bridgehead atoms. The van der Waals surface area contributed by atoms with Gasteiger partial charge in [0.25, 0.3) is 0 Å². The molecule has 0 atom stereocenters. The maximum absolute atomic E-state index is 4.83. The minimum Gasteiger partial charge on any atom is -0.354 e. The second-order valence-corrected chi connectivity index (χ2v) is 7.06. The third kappa shape index (κ3) is 3.74. The molecule has 1 fully saturated rings. The highest BCUT2D eigenvalue weighted by Crippen LogP contribution is 2.25. The summed E-state index contributed by atoms with van der Waals surface area (Å²) in [7, 11) is 2.00. The van der Waals surface area contributed by atoms with Gasteiger partial charge in [0.1, 0.15) is 5.82 Å². The van der Waals surface area contributed by atoms with Gasteiger partial charge in [-0.25, -0.2) is 4.98 Å². The highest BCUT2D eigenvalue weighted by Gasteiger charge is 2.27. The smallest absolute Gasteiger partial charge is 0.133 e. The molecule has 2 heterocycles. The van der Waals surface area contributed by atoms with E-state index in [0.717, 1.165) is 38.4 Å². The highest BCUT2D eigenvalue weighted by atomic mass is 15.3. The first-order chi connectivity index (χ1) is 9.82. The van der Waals surface area contributed by atoms with Gasteiger partial charge < -0.3 is 10.2 Å². The van der Waals surface area contributed by atoms with Crippen molar-refractivity contribution in [2.45, 2.75) is 46.7 Å². The van der Waals surface area contributed by atoms with Gasteiger partial charge in [0, 0.05) is 49.5 Å². The predicted molar refractivity (Wildman–Crippen MR) is 90.0 cm³/mol. The SMILES string of the molecule is CNCc1c(C)cc(C)nc1N1CCN(C(C)(C)C)CC1. The number of pyridine rings is 1. The van der Waals surface area contributed by atoms with Crippen LogP contribution in [-0.2, 0) is 6.54 Å². The fourth-order valence-corrected chi connectivity index (χ4v) is 3.09. The molecule has 0 amide bonds. The van der Waals surface area contributed by atoms with Crippen molar-refractivity contribution in [3.63, 3.8) is 0 Å². The average molecular weight is 290 g/mol. The van der Waals surface area contributed by atoms with Crippen molar-refractivity contribution in [2.24, 2.45) is 0 Å². The van der Waals surface area contributed by atoms with Crippen LogP contribution in [0.25, 0.3) is 0 Å². The number of aromatic nitrogens is 1. The fraction of sp³-hybridized carbons (Fsp3) is 0.706. The van der Waals surface area contributed by atoms with Crippen LogP contribution in [0.2, 0.25) is 0 Å². The summed E-state index contributed by atoms with van der Waals surface area (Å²) in [6, 6.07) is 2.18. The van der Waals surface area contributed by atoms with Crippen LogP contribution in [-0.4, -0.2) is 48.6 Å². The molecule has 4 heteroatoms. The normalized spacial score (nSPS) is 17.3. The van der Waals surface area contributed by atoms with E-state index in [0.29, 0.717) is 0 Å². The standard InChI is InChI=1S/C17H30N4/c1-13-11-14(2)19-16(15(13)12-18-6)20-7-9-21(10-8-20)17(3,4)5/h11,18H,7-10,12H2,1-6H3. The summed E-state index contributed by atoms with van der Waals surface area (Å²) < 4.78 is 0. The van der Waals surface area contributed by atoms with Gasteiger partial charge in [0.2, 0.25) is 0 Å². The molecule has 1 N–H and O–H groups in total. The van der Waals surface area contributed by atoms with Crippen molar-refractivity contribution in [3.8, 4) is 0 Å². The third-order valence-electron chi connectivity index (χ3n) is 4.34. The van der Waals surface area contributed by atoms with Crippen molar-refractivity contribution in [1.29, 1.82) is 0 Å². The molecule has 1 aromatic rings. The van der Waals surface area contributed by atoms with Crippen LogP contribution < -0.4 is 10.2 Å². The summed E-state index contributed by atoms with van der Waals surface area (Å²) in [6.07, 6.45) is 0. The number of nitrogens with zero attached hydrogens (tertiary/aromatic N) is 3. The summed E-state index contributed by atoms with van der Waals surface area (Å²) in [4.78, 5) is 9.84. The molecule has 118 valence electrons. The van der Waals surface area contributed by atoms with E-state index in [4.69, 9.17) is 4.98 Å². The van der Waals surface area contributed by atoms with Gasteiger partial charge in [0.05, 0.1) is 0 Å². The lowest BCUT2D eigenvalue weighted by Gasteiger charge is -2.43. The molecule has 1 saturated heterocycles. The minimum absolute atomic E-state index is 0.260. The highest BCUT2D eigenvalue weighted by molar-refractivity contribution is 5.52. The van der Waals surface area contributed by atoms with Gasteiger partial charge in [-0.05, 0) is 53.3 Å². The monoisotopic (exact) mass is 290 g/mol. The molecule has 21 heavy (non-hydrogen) atoms. The van der Waals surface area contributed by atoms with Gasteiger partial charge >= 0.3 is 0 Å². The van der Waals surface area contributed by atoms with Crippen LogP contribution in [0.4, 0.5) is 5.82 Å². The Morgan fingerprint density at radius 3 is 2.29 bits per heavy atom. The molecular formula is C17H30N4. The van der Waals surface area contributed by atoms with E-state index in [1.807, 2.05) is 7.05 Å². The molecular weight excluding hydrogens is 260 g/mol. The van der Waals surface area contributed by atoms with Crippen LogP contribution in [0.3, 0.4) is 0 Å².